The lowest BCUT2D eigenvalue weighted by atomic mass is 9.98. The number of aryl methyl sites for hydroxylation is 2. The summed E-state index contributed by atoms with van der Waals surface area (Å²) in [6.07, 6.45) is 0.700. The van der Waals surface area contributed by atoms with E-state index in [1.807, 2.05) is 47.1 Å². The summed E-state index contributed by atoms with van der Waals surface area (Å²) < 4.78 is 7.00. The van der Waals surface area contributed by atoms with E-state index in [0.29, 0.717) is 25.4 Å². The first-order valence-electron chi connectivity index (χ1n) is 13.9. The van der Waals surface area contributed by atoms with Gasteiger partial charge in [-0.05, 0) is 49.9 Å². The van der Waals surface area contributed by atoms with Crippen LogP contribution in [-0.4, -0.2) is 54.2 Å². The lowest BCUT2D eigenvalue weighted by Gasteiger charge is -2.24. The number of methoxy groups -OCH3 is 1. The molecule has 7 nitrogen and oxygen atoms in total. The van der Waals surface area contributed by atoms with Gasteiger partial charge in [0.1, 0.15) is 12.4 Å². The van der Waals surface area contributed by atoms with Crippen LogP contribution in [0, 0.1) is 20.8 Å². The number of hydrogen-bond donors (Lipinski definition) is 1. The van der Waals surface area contributed by atoms with E-state index in [4.69, 9.17) is 9.84 Å². The Morgan fingerprint density at radius 3 is 2.59 bits per heavy atom. The average molecular weight is 569 g/mol. The maximum Gasteiger partial charge on any atom is 0.240 e. The average Bonchev–Trinajstić information content (AvgIpc) is 3.29. The number of nitrogens with one attached hydrogen (secondary N) is 1. The fourth-order valence-electron chi connectivity index (χ4n) is 5.20. The molecule has 1 aliphatic rings. The number of carbonyl (C=O) groups excluding carboxylic acids is 2. The van der Waals surface area contributed by atoms with E-state index >= 15 is 0 Å². The van der Waals surface area contributed by atoms with Crippen LogP contribution in [0.2, 0.25) is 0 Å². The molecule has 0 fully saturated rings. The van der Waals surface area contributed by atoms with Gasteiger partial charge in [0.05, 0.1) is 22.4 Å². The number of ether oxygens (including phenoxy) is 1. The molecule has 1 aliphatic heterocycles. The molecule has 1 aromatic heterocycles. The number of hydrogen-bond acceptors (Lipinski definition) is 5. The third-order valence-corrected chi connectivity index (χ3v) is 8.69. The molecule has 0 unspecified atom stereocenters. The molecule has 4 aromatic rings. The highest BCUT2D eigenvalue weighted by atomic mass is 32.2. The maximum absolute atomic E-state index is 13.9. The maximum atomic E-state index is 13.9. The topological polar surface area (TPSA) is 76.5 Å². The van der Waals surface area contributed by atoms with Crippen molar-refractivity contribution in [1.29, 1.82) is 0 Å². The molecule has 41 heavy (non-hydrogen) atoms. The van der Waals surface area contributed by atoms with Crippen LogP contribution >= 0.6 is 11.8 Å². The summed E-state index contributed by atoms with van der Waals surface area (Å²) >= 11 is 1.58. The number of fused-ring (bicyclic) bond motifs is 1. The summed E-state index contributed by atoms with van der Waals surface area (Å²) in [4.78, 5) is 28.7. The van der Waals surface area contributed by atoms with Gasteiger partial charge < -0.3 is 10.1 Å². The summed E-state index contributed by atoms with van der Waals surface area (Å²) in [5, 5.41) is 8.01. The molecule has 0 spiro atoms. The van der Waals surface area contributed by atoms with Crippen LogP contribution < -0.4 is 10.2 Å². The van der Waals surface area contributed by atoms with Crippen LogP contribution in [0.25, 0.3) is 16.9 Å². The van der Waals surface area contributed by atoms with E-state index in [2.05, 4.69) is 56.4 Å². The summed E-state index contributed by atoms with van der Waals surface area (Å²) in [7, 11) is 1.64. The summed E-state index contributed by atoms with van der Waals surface area (Å²) in [6, 6.07) is 24.6. The van der Waals surface area contributed by atoms with E-state index in [1.165, 1.54) is 0 Å². The van der Waals surface area contributed by atoms with Crippen molar-refractivity contribution in [3.8, 4) is 16.9 Å². The SMILES string of the molecule is COCCCNC(=O)CN1C(=O)CS[C@H](c2cccc(C)c2)c2c(-c3ccccc3)nn(-c3cccc(C)c3C)c21. The number of thioether (sulfide) groups is 1. The Bertz CT molecular complexity index is 1550. The van der Waals surface area contributed by atoms with Gasteiger partial charge in [0.25, 0.3) is 0 Å². The Balaban J connectivity index is 1.74. The Labute approximate surface area is 245 Å². The second-order valence-electron chi connectivity index (χ2n) is 10.4. The fourth-order valence-corrected chi connectivity index (χ4v) is 6.39. The van der Waals surface area contributed by atoms with Crippen molar-refractivity contribution >= 4 is 29.4 Å². The number of rotatable bonds is 9. The van der Waals surface area contributed by atoms with Crippen LogP contribution in [0.3, 0.4) is 0 Å². The molecule has 3 aromatic carbocycles. The predicted octanol–water partition coefficient (Wildman–Crippen LogP) is 5.79. The molecule has 0 saturated carbocycles. The standard InChI is InChI=1S/C33H36N4O3S/c1-22-11-8-15-26(19-22)32-30-31(25-13-6-5-7-14-25)35-37(27-16-9-12-23(2)24(27)3)33(30)36(29(39)21-41-32)20-28(38)34-17-10-18-40-4/h5-9,11-16,19,32H,10,17-18,20-21H2,1-4H3,(H,34,38)/t32-/m1/s1. The van der Waals surface area contributed by atoms with Gasteiger partial charge in [0, 0.05) is 31.4 Å². The van der Waals surface area contributed by atoms with Crippen LogP contribution in [-0.2, 0) is 14.3 Å². The second kappa shape index (κ2) is 12.7. The van der Waals surface area contributed by atoms with Gasteiger partial charge >= 0.3 is 0 Å². The zero-order valence-corrected chi connectivity index (χ0v) is 24.8. The smallest absolute Gasteiger partial charge is 0.240 e. The summed E-state index contributed by atoms with van der Waals surface area (Å²) in [5.74, 6) is 0.552. The van der Waals surface area contributed by atoms with Gasteiger partial charge in [0.2, 0.25) is 11.8 Å². The van der Waals surface area contributed by atoms with Gasteiger partial charge in [-0.1, -0.05) is 72.3 Å². The monoisotopic (exact) mass is 568 g/mol. The van der Waals surface area contributed by atoms with Gasteiger partial charge in [-0.2, -0.15) is 5.10 Å². The van der Waals surface area contributed by atoms with Crippen molar-refractivity contribution in [2.75, 3.05) is 37.5 Å². The highest BCUT2D eigenvalue weighted by Gasteiger charge is 2.38. The van der Waals surface area contributed by atoms with E-state index in [0.717, 1.165) is 44.8 Å². The molecule has 0 radical (unpaired) electrons. The highest BCUT2D eigenvalue weighted by Crippen LogP contribution is 2.48. The van der Waals surface area contributed by atoms with Crippen molar-refractivity contribution in [3.05, 3.63) is 101 Å². The van der Waals surface area contributed by atoms with E-state index in [9.17, 15) is 9.59 Å². The van der Waals surface area contributed by atoms with E-state index in [1.54, 1.807) is 23.8 Å². The molecule has 0 bridgehead atoms. The lowest BCUT2D eigenvalue weighted by molar-refractivity contribution is -0.122. The van der Waals surface area contributed by atoms with Gasteiger partial charge in [-0.3, -0.25) is 14.5 Å². The van der Waals surface area contributed by atoms with E-state index < -0.39 is 0 Å². The minimum Gasteiger partial charge on any atom is -0.385 e. The van der Waals surface area contributed by atoms with Gasteiger partial charge in [0.15, 0.2) is 0 Å². The molecule has 212 valence electrons. The third kappa shape index (κ3) is 6.09. The van der Waals surface area contributed by atoms with Crippen LogP contribution in [0.15, 0.2) is 72.8 Å². The highest BCUT2D eigenvalue weighted by molar-refractivity contribution is 8.00. The lowest BCUT2D eigenvalue weighted by Crippen LogP contribution is -2.42. The van der Waals surface area contributed by atoms with Crippen molar-refractivity contribution in [1.82, 2.24) is 15.1 Å². The number of anilines is 1. The molecule has 0 saturated heterocycles. The van der Waals surface area contributed by atoms with Crippen molar-refractivity contribution in [3.63, 3.8) is 0 Å². The number of nitrogens with zero attached hydrogens (tertiary/aromatic N) is 3. The molecular weight excluding hydrogens is 532 g/mol. The normalized spacial score (nSPS) is 15.0. The first-order chi connectivity index (χ1) is 19.9. The Hall–Kier alpha value is -3.88. The Kier molecular flexibility index (Phi) is 8.90. The van der Waals surface area contributed by atoms with Gasteiger partial charge in [-0.25, -0.2) is 4.68 Å². The Morgan fingerprint density at radius 2 is 1.83 bits per heavy atom. The predicted molar refractivity (Wildman–Crippen MR) is 166 cm³/mol. The first-order valence-corrected chi connectivity index (χ1v) is 14.9. The Morgan fingerprint density at radius 1 is 1.05 bits per heavy atom. The van der Waals surface area contributed by atoms with E-state index in [-0.39, 0.29) is 29.4 Å². The molecule has 1 atom stereocenters. The quantitative estimate of drug-likeness (QED) is 0.259. The van der Waals surface area contributed by atoms with Crippen LogP contribution in [0.5, 0.6) is 0 Å². The van der Waals surface area contributed by atoms with Gasteiger partial charge in [-0.15, -0.1) is 11.8 Å². The zero-order chi connectivity index (χ0) is 28.9. The molecule has 8 heteroatoms. The molecule has 2 amide bonds. The van der Waals surface area contributed by atoms with Crippen molar-refractivity contribution < 1.29 is 14.3 Å². The second-order valence-corrected chi connectivity index (χ2v) is 11.5. The molecular formula is C33H36N4O3S. The largest absolute Gasteiger partial charge is 0.385 e. The molecule has 0 aliphatic carbocycles. The summed E-state index contributed by atoms with van der Waals surface area (Å²) in [6.45, 7) is 7.16. The van der Waals surface area contributed by atoms with Crippen molar-refractivity contribution in [2.45, 2.75) is 32.4 Å². The zero-order valence-electron chi connectivity index (χ0n) is 24.0. The third-order valence-electron chi connectivity index (χ3n) is 7.43. The van der Waals surface area contributed by atoms with Crippen molar-refractivity contribution in [2.24, 2.45) is 0 Å². The first kappa shape index (κ1) is 28.6. The van der Waals surface area contributed by atoms with Crippen LogP contribution in [0.1, 0.15) is 39.5 Å². The molecule has 2 heterocycles. The summed E-state index contributed by atoms with van der Waals surface area (Å²) in [5.41, 5.74) is 8.04. The number of benzene rings is 3. The number of amides is 2. The fraction of sp³-hybridized carbons (Fsp3) is 0.303. The number of aromatic nitrogens is 2. The minimum absolute atomic E-state index is 0.0926. The molecule has 5 rings (SSSR count). The minimum atomic E-state index is -0.214. The number of carbonyl (C=O) groups is 2. The van der Waals surface area contributed by atoms with Crippen LogP contribution in [0.4, 0.5) is 5.82 Å². The molecule has 1 N–H and O–H groups in total.